The van der Waals surface area contributed by atoms with Crippen LogP contribution in [0.2, 0.25) is 0 Å². The summed E-state index contributed by atoms with van der Waals surface area (Å²) in [4.78, 5) is 11.9. The zero-order valence-electron chi connectivity index (χ0n) is 11.4. The minimum absolute atomic E-state index is 0.309. The van der Waals surface area contributed by atoms with Crippen LogP contribution in [0.25, 0.3) is 0 Å². The molecule has 0 aromatic rings. The molecule has 0 atom stereocenters. The molecule has 0 saturated carbocycles. The number of carbonyl (C=O) groups is 1. The summed E-state index contributed by atoms with van der Waals surface area (Å²) in [5.41, 5.74) is 0. The lowest BCUT2D eigenvalue weighted by molar-refractivity contribution is -0.125. The third kappa shape index (κ3) is 6.82. The Morgan fingerprint density at radius 3 is 2.24 bits per heavy atom. The van der Waals surface area contributed by atoms with Crippen LogP contribution >= 0.6 is 0 Å². The van der Waals surface area contributed by atoms with E-state index in [-0.39, 0.29) is 0 Å². The van der Waals surface area contributed by atoms with Crippen molar-refractivity contribution in [3.05, 3.63) is 0 Å². The van der Waals surface area contributed by atoms with Gasteiger partial charge in [0.15, 0.2) is 0 Å². The van der Waals surface area contributed by atoms with Crippen molar-refractivity contribution in [1.29, 1.82) is 0 Å². The quantitative estimate of drug-likeness (QED) is 0.567. The molecule has 0 spiro atoms. The number of hydrogen-bond acceptors (Lipinski definition) is 2. The van der Waals surface area contributed by atoms with Crippen molar-refractivity contribution in [2.75, 3.05) is 13.2 Å². The highest BCUT2D eigenvalue weighted by Crippen LogP contribution is 2.19. The summed E-state index contributed by atoms with van der Waals surface area (Å²) in [5, 5.41) is 0. The third-order valence-corrected chi connectivity index (χ3v) is 3.70. The molecule has 100 valence electrons. The van der Waals surface area contributed by atoms with Gasteiger partial charge < -0.3 is 4.74 Å². The van der Waals surface area contributed by atoms with Gasteiger partial charge in [0.1, 0.15) is 5.78 Å². The average molecular weight is 240 g/mol. The maximum atomic E-state index is 11.9. The van der Waals surface area contributed by atoms with Gasteiger partial charge in [-0.05, 0) is 19.3 Å². The van der Waals surface area contributed by atoms with Gasteiger partial charge in [-0.25, -0.2) is 0 Å². The number of unbranched alkanes of at least 4 members (excludes halogenated alkanes) is 6. The average Bonchev–Trinajstić information content (AvgIpc) is 2.38. The Balaban J connectivity index is 1.92. The number of carbonyl (C=O) groups excluding carboxylic acids is 1. The van der Waals surface area contributed by atoms with Crippen molar-refractivity contribution in [3.63, 3.8) is 0 Å². The summed E-state index contributed by atoms with van der Waals surface area (Å²) in [6, 6.07) is 0. The Kier molecular flexibility index (Phi) is 8.33. The van der Waals surface area contributed by atoms with Crippen LogP contribution in [0.5, 0.6) is 0 Å². The van der Waals surface area contributed by atoms with Crippen molar-refractivity contribution in [3.8, 4) is 0 Å². The number of rotatable bonds is 9. The molecular formula is C15H28O2. The monoisotopic (exact) mass is 240 g/mol. The molecule has 2 nitrogen and oxygen atoms in total. The van der Waals surface area contributed by atoms with E-state index in [2.05, 4.69) is 6.92 Å². The molecule has 17 heavy (non-hydrogen) atoms. The Morgan fingerprint density at radius 2 is 1.59 bits per heavy atom. The lowest BCUT2D eigenvalue weighted by Crippen LogP contribution is -2.23. The van der Waals surface area contributed by atoms with E-state index >= 15 is 0 Å². The first-order chi connectivity index (χ1) is 8.34. The maximum absolute atomic E-state index is 11.9. The van der Waals surface area contributed by atoms with Crippen molar-refractivity contribution in [2.45, 2.75) is 71.1 Å². The molecule has 2 heteroatoms. The fourth-order valence-corrected chi connectivity index (χ4v) is 2.48. The third-order valence-electron chi connectivity index (χ3n) is 3.70. The summed E-state index contributed by atoms with van der Waals surface area (Å²) in [6.45, 7) is 3.81. The van der Waals surface area contributed by atoms with E-state index in [0.717, 1.165) is 38.9 Å². The summed E-state index contributed by atoms with van der Waals surface area (Å²) in [5.74, 6) is 0.797. The van der Waals surface area contributed by atoms with Crippen LogP contribution in [0, 0.1) is 5.92 Å². The second-order valence-corrected chi connectivity index (χ2v) is 5.22. The first-order valence-electron chi connectivity index (χ1n) is 7.45. The molecule has 1 saturated heterocycles. The van der Waals surface area contributed by atoms with E-state index in [1.54, 1.807) is 0 Å². The largest absolute Gasteiger partial charge is 0.381 e. The minimum atomic E-state index is 0.309. The van der Waals surface area contributed by atoms with Crippen molar-refractivity contribution in [2.24, 2.45) is 5.92 Å². The molecule has 0 aromatic heterocycles. The van der Waals surface area contributed by atoms with E-state index in [9.17, 15) is 4.79 Å². The van der Waals surface area contributed by atoms with Crippen molar-refractivity contribution >= 4 is 5.78 Å². The Bertz CT molecular complexity index is 195. The van der Waals surface area contributed by atoms with Crippen molar-refractivity contribution in [1.82, 2.24) is 0 Å². The predicted molar refractivity (Wildman–Crippen MR) is 71.2 cm³/mol. The van der Waals surface area contributed by atoms with E-state index < -0.39 is 0 Å². The normalized spacial score (nSPS) is 17.2. The second-order valence-electron chi connectivity index (χ2n) is 5.22. The van der Waals surface area contributed by atoms with E-state index in [4.69, 9.17) is 4.74 Å². The van der Waals surface area contributed by atoms with Gasteiger partial charge in [-0.15, -0.1) is 0 Å². The molecule has 0 amide bonds. The standard InChI is InChI=1S/C15H28O2/c1-2-3-4-5-6-7-8-9-15(16)14-10-12-17-13-11-14/h14H,2-13H2,1H3. The zero-order chi connectivity index (χ0) is 12.3. The summed E-state index contributed by atoms with van der Waals surface area (Å²) >= 11 is 0. The molecule has 0 bridgehead atoms. The zero-order valence-corrected chi connectivity index (χ0v) is 11.4. The molecule has 1 heterocycles. The molecule has 1 fully saturated rings. The van der Waals surface area contributed by atoms with Gasteiger partial charge in [0.25, 0.3) is 0 Å². The van der Waals surface area contributed by atoms with Gasteiger partial charge >= 0.3 is 0 Å². The predicted octanol–water partition coefficient (Wildman–Crippen LogP) is 4.12. The van der Waals surface area contributed by atoms with Gasteiger partial charge in [0.2, 0.25) is 0 Å². The fourth-order valence-electron chi connectivity index (χ4n) is 2.48. The fraction of sp³-hybridized carbons (Fsp3) is 0.933. The lowest BCUT2D eigenvalue weighted by atomic mass is 9.92. The van der Waals surface area contributed by atoms with Gasteiger partial charge in [0, 0.05) is 25.6 Å². The molecule has 1 aliphatic heterocycles. The first kappa shape index (κ1) is 14.7. The van der Waals surface area contributed by atoms with Crippen LogP contribution in [0.1, 0.15) is 71.1 Å². The number of hydrogen-bond donors (Lipinski definition) is 0. The number of ether oxygens (including phenoxy) is 1. The van der Waals surface area contributed by atoms with Crippen LogP contribution in [0.4, 0.5) is 0 Å². The van der Waals surface area contributed by atoms with Crippen LogP contribution in [0.3, 0.4) is 0 Å². The highest BCUT2D eigenvalue weighted by atomic mass is 16.5. The molecule has 0 N–H and O–H groups in total. The molecule has 0 aromatic carbocycles. The lowest BCUT2D eigenvalue weighted by Gasteiger charge is -2.20. The Hall–Kier alpha value is -0.370. The van der Waals surface area contributed by atoms with Crippen LogP contribution in [-0.2, 0) is 9.53 Å². The number of ketones is 1. The molecule has 0 radical (unpaired) electrons. The van der Waals surface area contributed by atoms with Gasteiger partial charge in [-0.3, -0.25) is 4.79 Å². The molecule has 0 unspecified atom stereocenters. The van der Waals surface area contributed by atoms with Crippen molar-refractivity contribution < 1.29 is 9.53 Å². The molecule has 1 rings (SSSR count). The first-order valence-corrected chi connectivity index (χ1v) is 7.45. The molecular weight excluding hydrogens is 212 g/mol. The van der Waals surface area contributed by atoms with Gasteiger partial charge in [0.05, 0.1) is 0 Å². The maximum Gasteiger partial charge on any atom is 0.136 e. The molecule has 0 aliphatic carbocycles. The highest BCUT2D eigenvalue weighted by Gasteiger charge is 2.20. The summed E-state index contributed by atoms with van der Waals surface area (Å²) in [7, 11) is 0. The van der Waals surface area contributed by atoms with Gasteiger partial charge in [-0.2, -0.15) is 0 Å². The van der Waals surface area contributed by atoms with E-state index in [1.165, 1.54) is 38.5 Å². The van der Waals surface area contributed by atoms with Crippen LogP contribution in [0.15, 0.2) is 0 Å². The summed E-state index contributed by atoms with van der Waals surface area (Å²) < 4.78 is 5.28. The number of Topliss-reactive ketones (excluding diaryl/α,β-unsaturated/α-hetero) is 1. The Labute approximate surface area is 106 Å². The topological polar surface area (TPSA) is 26.3 Å². The van der Waals surface area contributed by atoms with Crippen LogP contribution < -0.4 is 0 Å². The smallest absolute Gasteiger partial charge is 0.136 e. The van der Waals surface area contributed by atoms with Crippen LogP contribution in [-0.4, -0.2) is 19.0 Å². The molecule has 1 aliphatic rings. The van der Waals surface area contributed by atoms with Gasteiger partial charge in [-0.1, -0.05) is 45.4 Å². The van der Waals surface area contributed by atoms with E-state index in [0.29, 0.717) is 11.7 Å². The highest BCUT2D eigenvalue weighted by molar-refractivity contribution is 5.80. The minimum Gasteiger partial charge on any atom is -0.381 e. The Morgan fingerprint density at radius 1 is 1.00 bits per heavy atom. The van der Waals surface area contributed by atoms with E-state index in [1.807, 2.05) is 0 Å². The second kappa shape index (κ2) is 9.64. The summed E-state index contributed by atoms with van der Waals surface area (Å²) in [6.07, 6.45) is 11.7. The SMILES string of the molecule is CCCCCCCCCC(=O)C1CCOCC1.